The van der Waals surface area contributed by atoms with Gasteiger partial charge >= 0.3 is 6.03 Å². The third kappa shape index (κ3) is 5.52. The van der Waals surface area contributed by atoms with Gasteiger partial charge in [0.25, 0.3) is 0 Å². The quantitative estimate of drug-likeness (QED) is 0.575. The molecule has 8 heteroatoms. The summed E-state index contributed by atoms with van der Waals surface area (Å²) in [6.07, 6.45) is 5.31. The highest BCUT2D eigenvalue weighted by Gasteiger charge is 2.20. The highest BCUT2D eigenvalue weighted by atomic mass is 16.2. The number of rotatable bonds is 5. The number of amides is 2. The summed E-state index contributed by atoms with van der Waals surface area (Å²) in [7, 11) is 0. The van der Waals surface area contributed by atoms with Crippen LogP contribution in [0.1, 0.15) is 56.7 Å². The average molecular weight is 447 g/mol. The number of nitrogens with zero attached hydrogens (tertiary/aromatic N) is 5. The fraction of sp³-hybridized carbons (Fsp3) is 0.320. The summed E-state index contributed by atoms with van der Waals surface area (Å²) in [5, 5.41) is 2.68. The first-order valence-corrected chi connectivity index (χ1v) is 10.9. The molecule has 33 heavy (non-hydrogen) atoms. The molecule has 3 aromatic rings. The first-order valence-electron chi connectivity index (χ1n) is 10.9. The number of aromatic nitrogens is 4. The molecule has 1 aliphatic heterocycles. The molecule has 0 bridgehead atoms. The van der Waals surface area contributed by atoms with Crippen molar-refractivity contribution in [2.45, 2.75) is 53.1 Å². The van der Waals surface area contributed by atoms with E-state index in [4.69, 9.17) is 0 Å². The van der Waals surface area contributed by atoms with E-state index in [0.29, 0.717) is 22.5 Å². The Morgan fingerprint density at radius 1 is 1.06 bits per heavy atom. The van der Waals surface area contributed by atoms with Gasteiger partial charge in [-0.15, -0.1) is 0 Å². The van der Waals surface area contributed by atoms with Gasteiger partial charge in [0.15, 0.2) is 11.4 Å². The normalized spacial score (nSPS) is 13.7. The topological polar surface area (TPSA) is 93.0 Å². The summed E-state index contributed by atoms with van der Waals surface area (Å²) < 4.78 is 1.98. The Morgan fingerprint density at radius 2 is 1.76 bits per heavy atom. The fourth-order valence-corrected chi connectivity index (χ4v) is 3.31. The number of imidazole rings is 1. The Morgan fingerprint density at radius 3 is 2.39 bits per heavy atom. The molecule has 2 aromatic heterocycles. The van der Waals surface area contributed by atoms with E-state index in [1.807, 2.05) is 61.9 Å². The van der Waals surface area contributed by atoms with Gasteiger partial charge in [-0.05, 0) is 40.2 Å². The Bertz CT molecular complexity index is 1190. The van der Waals surface area contributed by atoms with E-state index in [0.717, 1.165) is 11.2 Å². The molecule has 2 amide bonds. The van der Waals surface area contributed by atoms with Gasteiger partial charge in [0.1, 0.15) is 11.8 Å². The number of hydrogen-bond acceptors (Lipinski definition) is 5. The van der Waals surface area contributed by atoms with Crippen molar-refractivity contribution in [2.24, 2.45) is 0 Å². The lowest BCUT2D eigenvalue weighted by atomic mass is 10.1. The lowest BCUT2D eigenvalue weighted by Crippen LogP contribution is -2.43. The van der Waals surface area contributed by atoms with Gasteiger partial charge in [-0.1, -0.05) is 36.9 Å². The molecule has 0 saturated carbocycles. The number of Topliss-reactive ketones (excluding diaryl/α,β-unsaturated/α-hetero) is 1. The third-order valence-corrected chi connectivity index (χ3v) is 5.27. The number of nitrogens with one attached hydrogen (secondary N) is 1. The van der Waals surface area contributed by atoms with Crippen molar-refractivity contribution >= 4 is 23.0 Å². The van der Waals surface area contributed by atoms with E-state index in [1.54, 1.807) is 11.2 Å². The number of urea groups is 1. The van der Waals surface area contributed by atoms with Crippen LogP contribution in [0.2, 0.25) is 0 Å². The summed E-state index contributed by atoms with van der Waals surface area (Å²) in [4.78, 5) is 38.2. The molecule has 0 saturated heterocycles. The molecule has 0 unspecified atom stereocenters. The number of carbonyl (C=O) groups excluding carboxylic acids is 2. The molecule has 0 aliphatic carbocycles. The molecule has 0 fully saturated rings. The Kier molecular flexibility index (Phi) is 7.37. The van der Waals surface area contributed by atoms with Gasteiger partial charge < -0.3 is 9.88 Å². The first kappa shape index (κ1) is 23.8. The van der Waals surface area contributed by atoms with E-state index in [-0.39, 0.29) is 30.3 Å². The zero-order valence-corrected chi connectivity index (χ0v) is 19.7. The van der Waals surface area contributed by atoms with Crippen molar-refractivity contribution in [3.05, 3.63) is 78.3 Å². The first-order chi connectivity index (χ1) is 15.7. The van der Waals surface area contributed by atoms with Crippen LogP contribution in [0.25, 0.3) is 11.2 Å². The van der Waals surface area contributed by atoms with E-state index >= 15 is 0 Å². The van der Waals surface area contributed by atoms with Crippen molar-refractivity contribution in [3.8, 4) is 0 Å². The number of ketones is 1. The van der Waals surface area contributed by atoms with Crippen LogP contribution in [0.5, 0.6) is 0 Å². The highest BCUT2D eigenvalue weighted by molar-refractivity contribution is 5.98. The largest absolute Gasteiger partial charge is 0.326 e. The molecule has 1 aromatic carbocycles. The Labute approximate surface area is 194 Å². The molecule has 0 spiro atoms. The maximum Gasteiger partial charge on any atom is 0.326 e. The molecule has 1 aliphatic rings. The van der Waals surface area contributed by atoms with Crippen molar-refractivity contribution in [3.63, 3.8) is 0 Å². The summed E-state index contributed by atoms with van der Waals surface area (Å²) in [5.41, 5.74) is 4.53. The predicted octanol–water partition coefficient (Wildman–Crippen LogP) is 4.67. The van der Waals surface area contributed by atoms with Crippen LogP contribution in [-0.2, 0) is 6.42 Å². The number of fused-ring (bicyclic) bond motifs is 1. The Balaban J connectivity index is 0.000000218. The van der Waals surface area contributed by atoms with Crippen molar-refractivity contribution in [2.75, 3.05) is 0 Å². The summed E-state index contributed by atoms with van der Waals surface area (Å²) >= 11 is 0. The summed E-state index contributed by atoms with van der Waals surface area (Å²) in [5.74, 6) is 0.0368. The minimum absolute atomic E-state index is 0.0368. The monoisotopic (exact) mass is 446 g/mol. The number of benzene rings is 1. The van der Waals surface area contributed by atoms with Crippen molar-refractivity contribution in [1.29, 1.82) is 0 Å². The van der Waals surface area contributed by atoms with Gasteiger partial charge in [-0.2, -0.15) is 0 Å². The van der Waals surface area contributed by atoms with E-state index < -0.39 is 0 Å². The number of carbonyl (C=O) groups is 2. The van der Waals surface area contributed by atoms with E-state index in [9.17, 15) is 9.59 Å². The summed E-state index contributed by atoms with van der Waals surface area (Å²) in [6.45, 7) is 13.7. The van der Waals surface area contributed by atoms with Crippen LogP contribution in [0.3, 0.4) is 0 Å². The molecule has 8 nitrogen and oxygen atoms in total. The van der Waals surface area contributed by atoms with Gasteiger partial charge in [-0.3, -0.25) is 9.69 Å². The third-order valence-electron chi connectivity index (χ3n) is 5.27. The zero-order valence-electron chi connectivity index (χ0n) is 19.7. The van der Waals surface area contributed by atoms with Crippen LogP contribution in [0.4, 0.5) is 4.79 Å². The van der Waals surface area contributed by atoms with Crippen molar-refractivity contribution in [1.82, 2.24) is 29.7 Å². The van der Waals surface area contributed by atoms with Crippen LogP contribution in [0.15, 0.2) is 67.0 Å². The molecular weight excluding hydrogens is 416 g/mol. The summed E-state index contributed by atoms with van der Waals surface area (Å²) in [6, 6.07) is 9.59. The second kappa shape index (κ2) is 10.2. The van der Waals surface area contributed by atoms with Gasteiger partial charge in [-0.25, -0.2) is 19.7 Å². The van der Waals surface area contributed by atoms with Gasteiger partial charge in [0, 0.05) is 29.5 Å². The molecule has 0 radical (unpaired) electrons. The fourth-order valence-electron chi connectivity index (χ4n) is 3.31. The maximum absolute atomic E-state index is 12.3. The van der Waals surface area contributed by atoms with Crippen LogP contribution < -0.4 is 5.32 Å². The molecule has 172 valence electrons. The van der Waals surface area contributed by atoms with Crippen LogP contribution >= 0.6 is 0 Å². The van der Waals surface area contributed by atoms with Crippen molar-refractivity contribution < 1.29 is 9.59 Å². The average Bonchev–Trinajstić information content (AvgIpc) is 3.23. The minimum atomic E-state index is -0.0967. The second-order valence-electron chi connectivity index (χ2n) is 8.43. The van der Waals surface area contributed by atoms with Crippen LogP contribution in [-0.4, -0.2) is 42.3 Å². The second-order valence-corrected chi connectivity index (χ2v) is 8.43. The van der Waals surface area contributed by atoms with E-state index in [2.05, 4.69) is 40.7 Å². The smallest absolute Gasteiger partial charge is 0.313 e. The molecule has 0 atom stereocenters. The molecular formula is C25H30N6O2. The number of allylic oxidation sites excluding steroid dienone is 1. The standard InChI is InChI=1S/C16H16N4O.C9H14N2O/c1-11(2)20-10-19-15-13(17-9-18-16(15)20)8-14(21)12-6-4-3-5-7-12;1-6(2)11-5-7(3)8(4)10-9(11)12/h3-7,9-11H,8H2,1-2H3;5-6H,4H2,1-3H3,(H,10,12). The number of hydrogen-bond donors (Lipinski definition) is 1. The van der Waals surface area contributed by atoms with E-state index in [1.165, 1.54) is 6.33 Å². The predicted molar refractivity (Wildman–Crippen MR) is 129 cm³/mol. The maximum atomic E-state index is 12.3. The van der Waals surface area contributed by atoms with Crippen LogP contribution in [0, 0.1) is 0 Å². The SMILES string of the molecule is C=C1NC(=O)N(C(C)C)C=C1C.CC(C)n1cnc2c(CC(=O)c3ccccc3)ncnc21. The lowest BCUT2D eigenvalue weighted by molar-refractivity contribution is 0.0992. The Hall–Kier alpha value is -3.81. The highest BCUT2D eigenvalue weighted by Crippen LogP contribution is 2.18. The van der Waals surface area contributed by atoms with Gasteiger partial charge in [0.2, 0.25) is 0 Å². The van der Waals surface area contributed by atoms with Gasteiger partial charge in [0.05, 0.1) is 18.4 Å². The lowest BCUT2D eigenvalue weighted by Gasteiger charge is -2.28. The molecule has 4 rings (SSSR count). The molecule has 1 N–H and O–H groups in total. The zero-order chi connectivity index (χ0) is 24.1. The molecule has 3 heterocycles. The minimum Gasteiger partial charge on any atom is -0.313 e.